The minimum Gasteiger partial charge on any atom is -0.207 e. The smallest absolute Gasteiger partial charge is 0.176 e. The van der Waals surface area contributed by atoms with Gasteiger partial charge in [0.1, 0.15) is 11.6 Å². The molecule has 1 aliphatic carbocycles. The van der Waals surface area contributed by atoms with Gasteiger partial charge in [0.25, 0.3) is 0 Å². The standard InChI is InChI=1S/C13H3BrF6/c14-9-10(17)4-1-3-5(15)2-6(16)11(18)7(3)8(4)12(19)13(9)20/h2H,1H2. The molecule has 3 rings (SSSR count). The second kappa shape index (κ2) is 4.25. The number of rotatable bonds is 0. The summed E-state index contributed by atoms with van der Waals surface area (Å²) in [6.07, 6.45) is -0.477. The first kappa shape index (κ1) is 13.5. The molecule has 0 atom stereocenters. The van der Waals surface area contributed by atoms with Crippen molar-refractivity contribution in [1.29, 1.82) is 0 Å². The molecule has 104 valence electrons. The molecule has 0 nitrogen and oxygen atoms in total. The highest BCUT2D eigenvalue weighted by Crippen LogP contribution is 2.45. The van der Waals surface area contributed by atoms with Crippen molar-refractivity contribution in [3.63, 3.8) is 0 Å². The van der Waals surface area contributed by atoms with Crippen molar-refractivity contribution in [3.8, 4) is 11.1 Å². The van der Waals surface area contributed by atoms with Gasteiger partial charge >= 0.3 is 0 Å². The Kier molecular flexibility index (Phi) is 2.86. The van der Waals surface area contributed by atoms with Crippen molar-refractivity contribution in [2.24, 2.45) is 0 Å². The van der Waals surface area contributed by atoms with Crippen molar-refractivity contribution in [3.05, 3.63) is 56.6 Å². The zero-order valence-corrected chi connectivity index (χ0v) is 11.0. The molecule has 0 radical (unpaired) electrons. The summed E-state index contributed by atoms with van der Waals surface area (Å²) in [5.41, 5.74) is -2.34. The predicted octanol–water partition coefficient (Wildman–Crippen LogP) is 4.85. The highest BCUT2D eigenvalue weighted by Gasteiger charge is 2.35. The van der Waals surface area contributed by atoms with Crippen molar-refractivity contribution < 1.29 is 26.3 Å². The molecule has 0 N–H and O–H groups in total. The molecule has 20 heavy (non-hydrogen) atoms. The van der Waals surface area contributed by atoms with Crippen LogP contribution in [0.2, 0.25) is 0 Å². The van der Waals surface area contributed by atoms with Crippen molar-refractivity contribution in [2.75, 3.05) is 0 Å². The van der Waals surface area contributed by atoms with Crippen LogP contribution in [0.5, 0.6) is 0 Å². The van der Waals surface area contributed by atoms with Crippen LogP contribution in [0.15, 0.2) is 10.5 Å². The van der Waals surface area contributed by atoms with Gasteiger partial charge in [-0.05, 0) is 15.9 Å². The lowest BCUT2D eigenvalue weighted by Gasteiger charge is -2.08. The highest BCUT2D eigenvalue weighted by atomic mass is 79.9. The molecule has 0 saturated carbocycles. The van der Waals surface area contributed by atoms with E-state index in [0.29, 0.717) is 6.07 Å². The second-order valence-corrected chi connectivity index (χ2v) is 5.09. The number of hydrogen-bond donors (Lipinski definition) is 0. The van der Waals surface area contributed by atoms with E-state index in [-0.39, 0.29) is 0 Å². The summed E-state index contributed by atoms with van der Waals surface area (Å²) in [5, 5.41) is 0. The molecule has 2 aromatic rings. The summed E-state index contributed by atoms with van der Waals surface area (Å²) in [6, 6.07) is 0.293. The summed E-state index contributed by atoms with van der Waals surface area (Å²) >= 11 is 2.53. The molecule has 0 aromatic heterocycles. The molecule has 1 aliphatic rings. The Hall–Kier alpha value is -1.50. The molecule has 0 aliphatic heterocycles. The molecule has 0 amide bonds. The summed E-state index contributed by atoms with van der Waals surface area (Å²) in [6.45, 7) is 0. The molecular formula is C13H3BrF6. The fraction of sp³-hybridized carbons (Fsp3) is 0.0769. The molecule has 0 saturated heterocycles. The third kappa shape index (κ3) is 1.55. The molecule has 0 bridgehead atoms. The van der Waals surface area contributed by atoms with Crippen LogP contribution in [0.1, 0.15) is 11.1 Å². The number of hydrogen-bond acceptors (Lipinski definition) is 0. The van der Waals surface area contributed by atoms with E-state index < -0.39 is 68.1 Å². The average Bonchev–Trinajstić information content (AvgIpc) is 2.81. The van der Waals surface area contributed by atoms with Crippen LogP contribution in [0, 0.1) is 34.9 Å². The Morgan fingerprint density at radius 3 is 1.95 bits per heavy atom. The lowest BCUT2D eigenvalue weighted by atomic mass is 10.0. The molecule has 7 heteroatoms. The van der Waals surface area contributed by atoms with Gasteiger partial charge in [-0.15, -0.1) is 0 Å². The number of benzene rings is 2. The van der Waals surface area contributed by atoms with E-state index in [2.05, 4.69) is 15.9 Å². The zero-order valence-electron chi connectivity index (χ0n) is 9.43. The van der Waals surface area contributed by atoms with Gasteiger partial charge in [-0.1, -0.05) is 0 Å². The Labute approximate surface area is 117 Å². The fourth-order valence-electron chi connectivity index (χ4n) is 2.35. The van der Waals surface area contributed by atoms with Crippen LogP contribution in [0.25, 0.3) is 11.1 Å². The molecule has 2 aromatic carbocycles. The van der Waals surface area contributed by atoms with Gasteiger partial charge in [0.15, 0.2) is 23.3 Å². The van der Waals surface area contributed by atoms with E-state index in [1.165, 1.54) is 0 Å². The van der Waals surface area contributed by atoms with Crippen molar-refractivity contribution in [1.82, 2.24) is 0 Å². The lowest BCUT2D eigenvalue weighted by Crippen LogP contribution is -1.99. The maximum atomic E-state index is 13.9. The quantitative estimate of drug-likeness (QED) is 0.308. The van der Waals surface area contributed by atoms with E-state index in [4.69, 9.17) is 0 Å². The Morgan fingerprint density at radius 2 is 1.30 bits per heavy atom. The summed E-state index contributed by atoms with van der Waals surface area (Å²) in [4.78, 5) is 0. The van der Waals surface area contributed by atoms with E-state index in [1.54, 1.807) is 0 Å². The van der Waals surface area contributed by atoms with E-state index >= 15 is 0 Å². The third-order valence-corrected chi connectivity index (χ3v) is 3.94. The normalized spacial score (nSPS) is 12.6. The topological polar surface area (TPSA) is 0 Å². The van der Waals surface area contributed by atoms with E-state index in [1.807, 2.05) is 0 Å². The van der Waals surface area contributed by atoms with Crippen LogP contribution >= 0.6 is 15.9 Å². The molecule has 0 fully saturated rings. The maximum absolute atomic E-state index is 13.9. The third-order valence-electron chi connectivity index (χ3n) is 3.24. The minimum absolute atomic E-state index is 0.293. The van der Waals surface area contributed by atoms with Crippen molar-refractivity contribution in [2.45, 2.75) is 6.42 Å². The Balaban J connectivity index is 2.48. The van der Waals surface area contributed by atoms with Gasteiger partial charge in [0.05, 0.1) is 4.47 Å². The van der Waals surface area contributed by atoms with Crippen LogP contribution in [-0.2, 0) is 6.42 Å². The van der Waals surface area contributed by atoms with E-state index in [0.717, 1.165) is 0 Å². The van der Waals surface area contributed by atoms with Gasteiger partial charge < -0.3 is 0 Å². The molecule has 0 unspecified atom stereocenters. The first-order chi connectivity index (χ1) is 9.34. The molecular weight excluding hydrogens is 350 g/mol. The van der Waals surface area contributed by atoms with Crippen LogP contribution in [0.3, 0.4) is 0 Å². The SMILES string of the molecule is Fc1cc(F)c2c(c1F)-c1c(F)c(F)c(Br)c(F)c1C2. The highest BCUT2D eigenvalue weighted by molar-refractivity contribution is 9.10. The fourth-order valence-corrected chi connectivity index (χ4v) is 2.76. The van der Waals surface area contributed by atoms with E-state index in [9.17, 15) is 26.3 Å². The minimum atomic E-state index is -1.57. The first-order valence-corrected chi connectivity index (χ1v) is 6.15. The number of fused-ring (bicyclic) bond motifs is 3. The van der Waals surface area contributed by atoms with Crippen LogP contribution in [-0.4, -0.2) is 0 Å². The van der Waals surface area contributed by atoms with Crippen LogP contribution < -0.4 is 0 Å². The summed E-state index contributed by atoms with van der Waals surface area (Å²) < 4.78 is 81.1. The molecule has 0 heterocycles. The first-order valence-electron chi connectivity index (χ1n) is 5.36. The second-order valence-electron chi connectivity index (χ2n) is 4.29. The van der Waals surface area contributed by atoms with Crippen LogP contribution in [0.4, 0.5) is 26.3 Å². The maximum Gasteiger partial charge on any atom is 0.176 e. The van der Waals surface area contributed by atoms with Crippen molar-refractivity contribution >= 4 is 15.9 Å². The van der Waals surface area contributed by atoms with Gasteiger partial charge in [-0.3, -0.25) is 0 Å². The largest absolute Gasteiger partial charge is 0.207 e. The van der Waals surface area contributed by atoms with Gasteiger partial charge in [0.2, 0.25) is 0 Å². The predicted molar refractivity (Wildman–Crippen MR) is 62.1 cm³/mol. The van der Waals surface area contributed by atoms with Gasteiger partial charge in [0, 0.05) is 34.7 Å². The lowest BCUT2D eigenvalue weighted by molar-refractivity contribution is 0.484. The Bertz CT molecular complexity index is 769. The zero-order chi connectivity index (χ0) is 14.8. The summed E-state index contributed by atoms with van der Waals surface area (Å²) in [7, 11) is 0. The molecule has 0 spiro atoms. The van der Waals surface area contributed by atoms with Gasteiger partial charge in [-0.25, -0.2) is 26.3 Å². The van der Waals surface area contributed by atoms with Gasteiger partial charge in [-0.2, -0.15) is 0 Å². The summed E-state index contributed by atoms with van der Waals surface area (Å²) in [5.74, 6) is -8.48. The number of halogens is 7. The monoisotopic (exact) mass is 352 g/mol. The average molecular weight is 353 g/mol. The Morgan fingerprint density at radius 1 is 0.700 bits per heavy atom.